The molecule has 1 aliphatic carbocycles. The molecule has 0 amide bonds. The molecule has 1 aromatic heterocycles. The quantitative estimate of drug-likeness (QED) is 0.912. The number of thiazole rings is 1. The van der Waals surface area contributed by atoms with Gasteiger partial charge >= 0.3 is 0 Å². The second-order valence-electron chi connectivity index (χ2n) is 5.32. The van der Waals surface area contributed by atoms with Gasteiger partial charge in [-0.15, -0.1) is 11.3 Å². The fraction of sp³-hybridized carbons (Fsp3) is 0.438. The summed E-state index contributed by atoms with van der Waals surface area (Å²) in [4.78, 5) is 6.15. The zero-order valence-electron chi connectivity index (χ0n) is 11.9. The summed E-state index contributed by atoms with van der Waals surface area (Å²) in [6, 6.07) is 6.51. The van der Waals surface area contributed by atoms with Crippen LogP contribution < -0.4 is 5.32 Å². The fourth-order valence-electron chi connectivity index (χ4n) is 2.76. The van der Waals surface area contributed by atoms with Crippen LogP contribution in [0.2, 0.25) is 0 Å². The van der Waals surface area contributed by atoms with Crippen molar-refractivity contribution in [1.82, 2.24) is 10.3 Å². The third-order valence-corrected chi connectivity index (χ3v) is 5.14. The van der Waals surface area contributed by atoms with Gasteiger partial charge in [-0.25, -0.2) is 13.8 Å². The SMILES string of the molecule is CNC(c1ccc(C(F)F)cc1)c1nc2c(s1)CCCC2. The minimum absolute atomic E-state index is 0.0210. The number of hydrogen-bond donors (Lipinski definition) is 1. The van der Waals surface area contributed by atoms with Gasteiger partial charge in [0.2, 0.25) is 0 Å². The van der Waals surface area contributed by atoms with Gasteiger partial charge in [-0.1, -0.05) is 24.3 Å². The predicted octanol–water partition coefficient (Wildman–Crippen LogP) is 4.27. The van der Waals surface area contributed by atoms with E-state index >= 15 is 0 Å². The summed E-state index contributed by atoms with van der Waals surface area (Å²) in [6.45, 7) is 0. The molecule has 1 N–H and O–H groups in total. The zero-order valence-corrected chi connectivity index (χ0v) is 12.7. The Balaban J connectivity index is 1.88. The molecule has 1 atom stereocenters. The Bertz CT molecular complexity index is 584. The molecule has 3 rings (SSSR count). The molecule has 0 fully saturated rings. The van der Waals surface area contributed by atoms with Crippen molar-refractivity contribution in [2.24, 2.45) is 0 Å². The molecule has 1 unspecified atom stereocenters. The molecule has 0 spiro atoms. The number of aromatic nitrogens is 1. The highest BCUT2D eigenvalue weighted by molar-refractivity contribution is 7.11. The number of rotatable bonds is 4. The first-order chi connectivity index (χ1) is 10.2. The first-order valence-electron chi connectivity index (χ1n) is 7.23. The molecule has 5 heteroatoms. The summed E-state index contributed by atoms with van der Waals surface area (Å²) in [5.41, 5.74) is 2.27. The maximum absolute atomic E-state index is 12.6. The molecule has 0 saturated carbocycles. The summed E-state index contributed by atoms with van der Waals surface area (Å²) in [6.07, 6.45) is 2.21. The van der Waals surface area contributed by atoms with Gasteiger partial charge in [-0.3, -0.25) is 0 Å². The number of nitrogens with zero attached hydrogens (tertiary/aromatic N) is 1. The second kappa shape index (κ2) is 6.20. The van der Waals surface area contributed by atoms with E-state index in [1.807, 2.05) is 7.05 Å². The van der Waals surface area contributed by atoms with Crippen LogP contribution in [0.4, 0.5) is 8.78 Å². The van der Waals surface area contributed by atoms with Crippen LogP contribution in [0.5, 0.6) is 0 Å². The number of fused-ring (bicyclic) bond motifs is 1. The van der Waals surface area contributed by atoms with Crippen LogP contribution in [-0.4, -0.2) is 12.0 Å². The zero-order chi connectivity index (χ0) is 14.8. The normalized spacial score (nSPS) is 16.0. The molecule has 2 nitrogen and oxygen atoms in total. The fourth-order valence-corrected chi connectivity index (χ4v) is 4.05. The molecule has 0 saturated heterocycles. The van der Waals surface area contributed by atoms with Crippen molar-refractivity contribution in [3.63, 3.8) is 0 Å². The largest absolute Gasteiger partial charge is 0.307 e. The van der Waals surface area contributed by atoms with Gasteiger partial charge in [0, 0.05) is 10.4 Å². The molecule has 21 heavy (non-hydrogen) atoms. The topological polar surface area (TPSA) is 24.9 Å². The average Bonchev–Trinajstić information content (AvgIpc) is 2.92. The molecule has 1 aliphatic rings. The van der Waals surface area contributed by atoms with Gasteiger partial charge in [0.05, 0.1) is 11.7 Å². The highest BCUT2D eigenvalue weighted by atomic mass is 32.1. The Morgan fingerprint density at radius 2 is 1.76 bits per heavy atom. The lowest BCUT2D eigenvalue weighted by Gasteiger charge is -2.14. The first kappa shape index (κ1) is 14.6. The Hall–Kier alpha value is -1.33. The lowest BCUT2D eigenvalue weighted by molar-refractivity contribution is 0.151. The number of alkyl halides is 2. The van der Waals surface area contributed by atoms with Crippen molar-refractivity contribution in [3.05, 3.63) is 51.0 Å². The van der Waals surface area contributed by atoms with Crippen molar-refractivity contribution >= 4 is 11.3 Å². The van der Waals surface area contributed by atoms with Gasteiger partial charge in [0.1, 0.15) is 5.01 Å². The highest BCUT2D eigenvalue weighted by Gasteiger charge is 2.21. The van der Waals surface area contributed by atoms with Crippen LogP contribution in [0.15, 0.2) is 24.3 Å². The van der Waals surface area contributed by atoms with Crippen LogP contribution in [0, 0.1) is 0 Å². The van der Waals surface area contributed by atoms with E-state index in [4.69, 9.17) is 4.98 Å². The number of halogens is 2. The van der Waals surface area contributed by atoms with Crippen LogP contribution in [0.1, 0.15) is 52.0 Å². The van der Waals surface area contributed by atoms with Crippen LogP contribution in [0.25, 0.3) is 0 Å². The molecular weight excluding hydrogens is 290 g/mol. The molecular formula is C16H18F2N2S. The van der Waals surface area contributed by atoms with Crippen LogP contribution >= 0.6 is 11.3 Å². The van der Waals surface area contributed by atoms with E-state index in [0.29, 0.717) is 0 Å². The van der Waals surface area contributed by atoms with Crippen molar-refractivity contribution in [3.8, 4) is 0 Å². The molecule has 2 aromatic rings. The number of benzene rings is 1. The standard InChI is InChI=1S/C16H18F2N2S/c1-19-14(10-6-8-11(9-7-10)15(17)18)16-20-12-4-2-3-5-13(12)21-16/h6-9,14-15,19H,2-5H2,1H3. The monoisotopic (exact) mass is 308 g/mol. The maximum Gasteiger partial charge on any atom is 0.263 e. The molecule has 0 radical (unpaired) electrons. The third kappa shape index (κ3) is 2.99. The van der Waals surface area contributed by atoms with Crippen LogP contribution in [-0.2, 0) is 12.8 Å². The molecule has 112 valence electrons. The first-order valence-corrected chi connectivity index (χ1v) is 8.04. The van der Waals surface area contributed by atoms with E-state index in [9.17, 15) is 8.78 Å². The third-order valence-electron chi connectivity index (χ3n) is 3.92. The minimum atomic E-state index is -2.42. The Morgan fingerprint density at radius 1 is 1.10 bits per heavy atom. The summed E-state index contributed by atoms with van der Waals surface area (Å²) < 4.78 is 25.3. The smallest absolute Gasteiger partial charge is 0.263 e. The van der Waals surface area contributed by atoms with Crippen molar-refractivity contribution in [2.75, 3.05) is 7.05 Å². The van der Waals surface area contributed by atoms with E-state index in [0.717, 1.165) is 23.4 Å². The summed E-state index contributed by atoms with van der Waals surface area (Å²) >= 11 is 1.75. The molecule has 0 aliphatic heterocycles. The maximum atomic E-state index is 12.6. The van der Waals surface area contributed by atoms with E-state index < -0.39 is 6.43 Å². The molecule has 0 bridgehead atoms. The highest BCUT2D eigenvalue weighted by Crippen LogP contribution is 2.33. The Morgan fingerprint density at radius 3 is 2.38 bits per heavy atom. The number of aryl methyl sites for hydroxylation is 2. The minimum Gasteiger partial charge on any atom is -0.307 e. The van der Waals surface area contributed by atoms with Gasteiger partial charge in [0.15, 0.2) is 0 Å². The van der Waals surface area contributed by atoms with Crippen LogP contribution in [0.3, 0.4) is 0 Å². The van der Waals surface area contributed by atoms with Crippen molar-refractivity contribution in [1.29, 1.82) is 0 Å². The number of hydrogen-bond acceptors (Lipinski definition) is 3. The van der Waals surface area contributed by atoms with Gasteiger partial charge < -0.3 is 5.32 Å². The summed E-state index contributed by atoms with van der Waals surface area (Å²) in [7, 11) is 1.88. The predicted molar refractivity (Wildman–Crippen MR) is 81.1 cm³/mol. The summed E-state index contributed by atoms with van der Waals surface area (Å²) in [5, 5.41) is 4.29. The molecule has 1 aromatic carbocycles. The van der Waals surface area contributed by atoms with Crippen molar-refractivity contribution in [2.45, 2.75) is 38.2 Å². The lowest BCUT2D eigenvalue weighted by Crippen LogP contribution is -2.17. The Labute approximate surface area is 127 Å². The second-order valence-corrected chi connectivity index (χ2v) is 6.43. The van der Waals surface area contributed by atoms with Gasteiger partial charge in [-0.05, 0) is 38.3 Å². The van der Waals surface area contributed by atoms with E-state index in [1.165, 1.54) is 35.5 Å². The van der Waals surface area contributed by atoms with Gasteiger partial charge in [0.25, 0.3) is 6.43 Å². The van der Waals surface area contributed by atoms with E-state index in [1.54, 1.807) is 23.5 Å². The number of nitrogens with one attached hydrogen (secondary N) is 1. The van der Waals surface area contributed by atoms with Gasteiger partial charge in [-0.2, -0.15) is 0 Å². The van der Waals surface area contributed by atoms with E-state index in [-0.39, 0.29) is 11.6 Å². The Kier molecular flexibility index (Phi) is 4.31. The average molecular weight is 308 g/mol. The molecule has 1 heterocycles. The summed E-state index contributed by atoms with van der Waals surface area (Å²) in [5.74, 6) is 0. The lowest BCUT2D eigenvalue weighted by atomic mass is 10.0. The van der Waals surface area contributed by atoms with Crippen molar-refractivity contribution < 1.29 is 8.78 Å². The van der Waals surface area contributed by atoms with E-state index in [2.05, 4.69) is 5.32 Å².